The van der Waals surface area contributed by atoms with Crippen molar-refractivity contribution < 1.29 is 29.9 Å². The number of phenolic OH excluding ortho intramolecular Hbond substituents is 1. The highest BCUT2D eigenvalue weighted by molar-refractivity contribution is 5.85. The van der Waals surface area contributed by atoms with Gasteiger partial charge in [0, 0.05) is 0 Å². The van der Waals surface area contributed by atoms with Gasteiger partial charge in [0.15, 0.2) is 34.7 Å². The summed E-state index contributed by atoms with van der Waals surface area (Å²) in [6.07, 6.45) is -2.09. The van der Waals surface area contributed by atoms with Crippen molar-refractivity contribution in [3.63, 3.8) is 0 Å². The molecular weight excluding hydrogens is 410 g/mol. The molecule has 0 radical (unpaired) electrons. The van der Waals surface area contributed by atoms with Gasteiger partial charge in [-0.15, -0.1) is 0 Å². The Hall–Kier alpha value is -3.52. The van der Waals surface area contributed by atoms with Gasteiger partial charge in [-0.1, -0.05) is 0 Å². The number of aromatic hydroxyl groups is 1. The van der Waals surface area contributed by atoms with Crippen LogP contribution in [-0.2, 0) is 4.74 Å². The first-order valence-electron chi connectivity index (χ1n) is 9.21. The van der Waals surface area contributed by atoms with Crippen molar-refractivity contribution in [1.29, 1.82) is 0 Å². The highest BCUT2D eigenvalue weighted by Gasteiger charge is 2.45. The predicted octanol–water partition coefficient (Wildman–Crippen LogP) is -0.820. The molecule has 13 nitrogen and oxygen atoms in total. The third kappa shape index (κ3) is 3.70. The van der Waals surface area contributed by atoms with E-state index < -0.39 is 31.1 Å². The average Bonchev–Trinajstić information content (AvgIpc) is 3.27. The van der Waals surface area contributed by atoms with Crippen LogP contribution in [0.25, 0.3) is 11.2 Å². The van der Waals surface area contributed by atoms with Crippen LogP contribution < -0.4 is 15.9 Å². The number of phenols is 1. The first-order chi connectivity index (χ1) is 14.9. The van der Waals surface area contributed by atoms with Crippen molar-refractivity contribution in [3.8, 4) is 11.5 Å². The van der Waals surface area contributed by atoms with Crippen LogP contribution in [0, 0.1) is 0 Å². The van der Waals surface area contributed by atoms with Gasteiger partial charge in [-0.3, -0.25) is 4.57 Å². The molecule has 3 aromatic rings. The summed E-state index contributed by atoms with van der Waals surface area (Å²) in [5.41, 5.74) is 9.73. The van der Waals surface area contributed by atoms with E-state index in [1.807, 2.05) is 0 Å². The quantitative estimate of drug-likeness (QED) is 0.211. The van der Waals surface area contributed by atoms with Gasteiger partial charge in [0.1, 0.15) is 24.6 Å². The molecule has 4 atom stereocenters. The second kappa shape index (κ2) is 8.31. The molecule has 0 amide bonds. The van der Waals surface area contributed by atoms with E-state index in [0.717, 1.165) is 0 Å². The maximum Gasteiger partial charge on any atom is 0.228 e. The Balaban J connectivity index is 1.69. The molecular formula is C18H21N7O6. The van der Waals surface area contributed by atoms with E-state index in [1.54, 1.807) is 12.1 Å². The smallest absolute Gasteiger partial charge is 0.228 e. The Morgan fingerprint density at radius 2 is 2.13 bits per heavy atom. The number of nitrogens with zero attached hydrogens (tertiary/aromatic N) is 5. The Morgan fingerprint density at radius 1 is 1.32 bits per heavy atom. The van der Waals surface area contributed by atoms with Crippen molar-refractivity contribution in [1.82, 2.24) is 19.5 Å². The van der Waals surface area contributed by atoms with Gasteiger partial charge in [0.05, 0.1) is 19.9 Å². The molecule has 1 aromatic carbocycles. The van der Waals surface area contributed by atoms with E-state index in [-0.39, 0.29) is 34.4 Å². The van der Waals surface area contributed by atoms with Crippen LogP contribution in [0.3, 0.4) is 0 Å². The van der Waals surface area contributed by atoms with Gasteiger partial charge >= 0.3 is 0 Å². The summed E-state index contributed by atoms with van der Waals surface area (Å²) in [4.78, 5) is 12.4. The minimum Gasteiger partial charge on any atom is -0.504 e. The molecule has 0 spiro atoms. The van der Waals surface area contributed by atoms with Crippen LogP contribution in [-0.4, -0.2) is 78.2 Å². The topological polar surface area (TPSA) is 193 Å². The number of anilines is 2. The van der Waals surface area contributed by atoms with Crippen LogP contribution in [0.5, 0.6) is 11.5 Å². The molecule has 1 saturated heterocycles. The van der Waals surface area contributed by atoms with E-state index in [1.165, 1.54) is 30.3 Å². The highest BCUT2D eigenvalue weighted by Crippen LogP contribution is 2.35. The van der Waals surface area contributed by atoms with E-state index in [9.17, 15) is 20.4 Å². The first kappa shape index (κ1) is 20.7. The zero-order valence-electron chi connectivity index (χ0n) is 16.3. The monoisotopic (exact) mass is 431 g/mol. The number of rotatable bonds is 6. The summed E-state index contributed by atoms with van der Waals surface area (Å²) in [7, 11) is 1.43. The molecule has 31 heavy (non-hydrogen) atoms. The molecule has 0 saturated carbocycles. The average molecular weight is 431 g/mol. The summed E-state index contributed by atoms with van der Waals surface area (Å²) in [5.74, 6) is 0.489. The number of methoxy groups -OCH3 is 1. The summed E-state index contributed by atoms with van der Waals surface area (Å²) in [6.45, 7) is -0.484. The fourth-order valence-corrected chi connectivity index (χ4v) is 3.28. The number of hydrogen-bond acceptors (Lipinski definition) is 12. The number of aromatic nitrogens is 4. The summed E-state index contributed by atoms with van der Waals surface area (Å²) < 4.78 is 12.1. The number of benzene rings is 1. The highest BCUT2D eigenvalue weighted by atomic mass is 16.6. The van der Waals surface area contributed by atoms with Crippen molar-refractivity contribution in [2.24, 2.45) is 5.10 Å². The second-order valence-corrected chi connectivity index (χ2v) is 6.77. The Morgan fingerprint density at radius 3 is 2.84 bits per heavy atom. The third-order valence-corrected chi connectivity index (χ3v) is 4.86. The fourth-order valence-electron chi connectivity index (χ4n) is 3.28. The van der Waals surface area contributed by atoms with E-state index in [4.69, 9.17) is 15.2 Å². The van der Waals surface area contributed by atoms with Gasteiger partial charge in [0.2, 0.25) is 5.95 Å². The molecule has 7 N–H and O–H groups in total. The molecule has 1 aliphatic rings. The number of hydrogen-bond donors (Lipinski definition) is 6. The van der Waals surface area contributed by atoms with Crippen LogP contribution >= 0.6 is 0 Å². The molecule has 0 aliphatic carbocycles. The van der Waals surface area contributed by atoms with Crippen LogP contribution in [0.1, 0.15) is 11.8 Å². The zero-order chi connectivity index (χ0) is 22.1. The fraction of sp³-hybridized carbons (Fsp3) is 0.333. The lowest BCUT2D eigenvalue weighted by Crippen LogP contribution is -2.33. The minimum absolute atomic E-state index is 0.00665. The van der Waals surface area contributed by atoms with E-state index in [0.29, 0.717) is 5.56 Å². The summed E-state index contributed by atoms with van der Waals surface area (Å²) in [6, 6.07) is 4.67. The van der Waals surface area contributed by atoms with Gasteiger partial charge in [0.25, 0.3) is 0 Å². The van der Waals surface area contributed by atoms with Crippen molar-refractivity contribution >= 4 is 29.1 Å². The number of imidazole rings is 1. The number of fused-ring (bicyclic) bond motifs is 1. The predicted molar refractivity (Wildman–Crippen MR) is 109 cm³/mol. The molecule has 164 valence electrons. The molecule has 0 bridgehead atoms. The third-order valence-electron chi connectivity index (χ3n) is 4.86. The lowest BCUT2D eigenvalue weighted by atomic mass is 10.1. The summed E-state index contributed by atoms with van der Waals surface area (Å²) in [5, 5.41) is 43.8. The number of nitrogens with two attached hydrogens (primary N) is 1. The number of nitrogens with one attached hydrogen (secondary N) is 1. The van der Waals surface area contributed by atoms with Crippen LogP contribution in [0.2, 0.25) is 0 Å². The minimum atomic E-state index is -1.36. The number of ether oxygens (including phenoxy) is 2. The van der Waals surface area contributed by atoms with Crippen LogP contribution in [0.4, 0.5) is 11.8 Å². The van der Waals surface area contributed by atoms with Crippen LogP contribution in [0.15, 0.2) is 29.6 Å². The van der Waals surface area contributed by atoms with Crippen molar-refractivity contribution in [3.05, 3.63) is 30.1 Å². The summed E-state index contributed by atoms with van der Waals surface area (Å²) >= 11 is 0. The van der Waals surface area contributed by atoms with Gasteiger partial charge in [-0.25, -0.2) is 20.4 Å². The molecule has 1 aliphatic heterocycles. The van der Waals surface area contributed by atoms with Gasteiger partial charge in [-0.05, 0) is 23.8 Å². The molecule has 4 rings (SSSR count). The Kier molecular flexibility index (Phi) is 5.56. The molecule has 13 heteroatoms. The van der Waals surface area contributed by atoms with Gasteiger partial charge in [-0.2, -0.15) is 5.10 Å². The van der Waals surface area contributed by atoms with Gasteiger partial charge < -0.3 is 35.6 Å². The molecule has 3 heterocycles. The molecule has 2 aromatic heterocycles. The Labute approximate surface area is 175 Å². The number of nitrogen functional groups attached to an aromatic ring is 1. The largest absolute Gasteiger partial charge is 0.504 e. The lowest BCUT2D eigenvalue weighted by Gasteiger charge is -2.18. The van der Waals surface area contributed by atoms with E-state index >= 15 is 0 Å². The standard InChI is InChI=1S/C18H21N7O6/c1-30-10-4-8(2-3-9(10)27)5-22-24-18-23-12-15(19)20-7-21-16(12)25(18)17-14(29)13(28)11(6-26)31-17/h2-5,7,11,13-14,17,26-29H,6H2,1H3,(H,23,24)(H2,19,20,21)/b22-5-/t11-,13+,14+,17-/m0/s1. The zero-order valence-corrected chi connectivity index (χ0v) is 16.3. The molecule has 0 unspecified atom stereocenters. The SMILES string of the molecule is COc1cc(/C=N\Nc2nc3c(N)ncnc3n2[C@H]2O[C@@H](CO)[C@@H](O)[C@H]2O)ccc1O. The van der Waals surface area contributed by atoms with E-state index in [2.05, 4.69) is 25.5 Å². The number of hydrazone groups is 1. The Bertz CT molecular complexity index is 1120. The van der Waals surface area contributed by atoms with Crippen molar-refractivity contribution in [2.45, 2.75) is 24.5 Å². The maximum atomic E-state index is 10.5. The lowest BCUT2D eigenvalue weighted by molar-refractivity contribution is -0.0501. The number of aliphatic hydroxyl groups excluding tert-OH is 3. The normalized spacial score (nSPS) is 23.6. The first-order valence-corrected chi connectivity index (χ1v) is 9.21. The molecule has 1 fully saturated rings. The number of aliphatic hydroxyl groups is 3. The maximum absolute atomic E-state index is 10.5. The second-order valence-electron chi connectivity index (χ2n) is 6.77. The van der Waals surface area contributed by atoms with Crippen molar-refractivity contribution in [2.75, 3.05) is 24.9 Å².